The van der Waals surface area contributed by atoms with Crippen LogP contribution in [0.2, 0.25) is 0 Å². The van der Waals surface area contributed by atoms with E-state index in [-0.39, 0.29) is 11.7 Å². The Morgan fingerprint density at radius 3 is 2.50 bits per heavy atom. The van der Waals surface area contributed by atoms with Crippen LogP contribution in [-0.4, -0.2) is 24.2 Å². The van der Waals surface area contributed by atoms with Crippen LogP contribution in [0, 0.1) is 5.41 Å². The van der Waals surface area contributed by atoms with E-state index in [2.05, 4.69) is 0 Å². The highest BCUT2D eigenvalue weighted by Gasteiger charge is 2.40. The smallest absolute Gasteiger partial charge is 0.266 e. The first-order valence-corrected chi connectivity index (χ1v) is 10.2. The summed E-state index contributed by atoms with van der Waals surface area (Å²) in [6.07, 6.45) is 3.50. The van der Waals surface area contributed by atoms with E-state index in [9.17, 15) is 9.59 Å². The zero-order valence-electron chi connectivity index (χ0n) is 17.2. The highest BCUT2D eigenvalue weighted by atomic mass is 16.5. The molecule has 1 fully saturated rings. The van der Waals surface area contributed by atoms with Crippen LogP contribution in [0.1, 0.15) is 50.2 Å². The van der Waals surface area contributed by atoms with Crippen LogP contribution >= 0.6 is 0 Å². The minimum Gasteiger partial charge on any atom is -0.473 e. The normalized spacial score (nSPS) is 16.0. The second-order valence-corrected chi connectivity index (χ2v) is 7.53. The standard InChI is InChI=1S/C23H28N4O3/c1-2-13-23(22(26)29,30-19-7-5-6-16(15-19)21(24)25)17-9-11-18(12-10-17)27-14-4-3-8-20(27)28/h5-7,9-12,15H,2-4,8,13-14H2,1H3,(H3,24,25)(H2,26,29). The third-order valence-electron chi connectivity index (χ3n) is 5.41. The molecule has 30 heavy (non-hydrogen) atoms. The lowest BCUT2D eigenvalue weighted by molar-refractivity contribution is -0.135. The molecule has 2 amide bonds. The van der Waals surface area contributed by atoms with E-state index >= 15 is 0 Å². The molecule has 0 radical (unpaired) electrons. The van der Waals surface area contributed by atoms with Crippen LogP contribution in [0.25, 0.3) is 0 Å². The number of nitrogens with zero attached hydrogens (tertiary/aromatic N) is 1. The molecule has 158 valence electrons. The van der Waals surface area contributed by atoms with Crippen molar-refractivity contribution in [2.75, 3.05) is 11.4 Å². The van der Waals surface area contributed by atoms with Crippen LogP contribution in [0.3, 0.4) is 0 Å². The number of amidine groups is 1. The first-order chi connectivity index (χ1) is 14.4. The summed E-state index contributed by atoms with van der Waals surface area (Å²) in [5, 5.41) is 7.63. The van der Waals surface area contributed by atoms with E-state index in [0.29, 0.717) is 42.7 Å². The highest BCUT2D eigenvalue weighted by Crippen LogP contribution is 2.34. The number of carbonyl (C=O) groups excluding carboxylic acids is 2. The lowest BCUT2D eigenvalue weighted by Crippen LogP contribution is -2.46. The van der Waals surface area contributed by atoms with E-state index in [0.717, 1.165) is 18.5 Å². The number of nitrogens with one attached hydrogen (secondary N) is 1. The molecule has 7 nitrogen and oxygen atoms in total. The number of nitrogen functional groups attached to an aromatic ring is 1. The maximum Gasteiger partial charge on any atom is 0.266 e. The third-order valence-corrected chi connectivity index (χ3v) is 5.41. The van der Waals surface area contributed by atoms with E-state index in [1.54, 1.807) is 41.3 Å². The molecule has 2 aromatic rings. The summed E-state index contributed by atoms with van der Waals surface area (Å²) in [6, 6.07) is 14.0. The van der Waals surface area contributed by atoms with E-state index in [1.807, 2.05) is 19.1 Å². The van der Waals surface area contributed by atoms with Crippen LogP contribution in [0.4, 0.5) is 5.69 Å². The molecule has 1 heterocycles. The van der Waals surface area contributed by atoms with Gasteiger partial charge in [-0.2, -0.15) is 0 Å². The van der Waals surface area contributed by atoms with Crippen LogP contribution in [-0.2, 0) is 15.2 Å². The SMILES string of the molecule is CCCC(Oc1cccc(C(=N)N)c1)(C(N)=O)c1ccc(N2CCCCC2=O)cc1. The predicted octanol–water partition coefficient (Wildman–Crippen LogP) is 3.05. The Hall–Kier alpha value is -3.35. The quantitative estimate of drug-likeness (QED) is 0.459. The molecule has 1 atom stereocenters. The van der Waals surface area contributed by atoms with Gasteiger partial charge >= 0.3 is 0 Å². The summed E-state index contributed by atoms with van der Waals surface area (Å²) < 4.78 is 6.18. The Morgan fingerprint density at radius 1 is 1.17 bits per heavy atom. The van der Waals surface area contributed by atoms with E-state index in [1.165, 1.54) is 0 Å². The van der Waals surface area contributed by atoms with Gasteiger partial charge in [0.05, 0.1) is 0 Å². The zero-order valence-corrected chi connectivity index (χ0v) is 17.2. The third kappa shape index (κ3) is 4.30. The molecule has 1 aliphatic rings. The van der Waals surface area contributed by atoms with E-state index in [4.69, 9.17) is 21.6 Å². The number of anilines is 1. The van der Waals surface area contributed by atoms with Crippen molar-refractivity contribution in [1.29, 1.82) is 5.41 Å². The highest BCUT2D eigenvalue weighted by molar-refractivity contribution is 5.95. The number of piperidine rings is 1. The maximum atomic E-state index is 12.6. The van der Waals surface area contributed by atoms with Gasteiger partial charge in [-0.15, -0.1) is 0 Å². The van der Waals surface area contributed by atoms with Crippen LogP contribution in [0.15, 0.2) is 48.5 Å². The Balaban J connectivity index is 1.97. The van der Waals surface area contributed by atoms with Crippen molar-refractivity contribution in [3.8, 4) is 5.75 Å². The fourth-order valence-electron chi connectivity index (χ4n) is 3.84. The first kappa shape index (κ1) is 21.4. The Labute approximate surface area is 176 Å². The van der Waals surface area contributed by atoms with Gasteiger partial charge in [-0.05, 0) is 37.1 Å². The Bertz CT molecular complexity index is 942. The number of ether oxygens (including phenoxy) is 1. The van der Waals surface area contributed by atoms with Gasteiger partial charge in [0.2, 0.25) is 11.5 Å². The monoisotopic (exact) mass is 408 g/mol. The van der Waals surface area contributed by atoms with Crippen molar-refractivity contribution in [2.24, 2.45) is 11.5 Å². The summed E-state index contributed by atoms with van der Waals surface area (Å²) in [5.74, 6) is -0.165. The number of hydrogen-bond donors (Lipinski definition) is 3. The largest absolute Gasteiger partial charge is 0.473 e. The van der Waals surface area contributed by atoms with Crippen molar-refractivity contribution in [2.45, 2.75) is 44.6 Å². The Kier molecular flexibility index (Phi) is 6.40. The van der Waals surface area contributed by atoms with Crippen molar-refractivity contribution < 1.29 is 14.3 Å². The molecule has 2 aromatic carbocycles. The predicted molar refractivity (Wildman–Crippen MR) is 117 cm³/mol. The molecule has 0 saturated carbocycles. The first-order valence-electron chi connectivity index (χ1n) is 10.2. The number of benzene rings is 2. The minimum atomic E-state index is -1.37. The van der Waals surface area contributed by atoms with Gasteiger partial charge < -0.3 is 21.1 Å². The van der Waals surface area contributed by atoms with Gasteiger partial charge in [0.1, 0.15) is 11.6 Å². The molecule has 0 spiro atoms. The van der Waals surface area contributed by atoms with Crippen molar-refractivity contribution in [3.05, 3.63) is 59.7 Å². The molecule has 3 rings (SSSR count). The van der Waals surface area contributed by atoms with Gasteiger partial charge in [-0.25, -0.2) is 0 Å². The molecule has 5 N–H and O–H groups in total. The number of hydrogen-bond acceptors (Lipinski definition) is 4. The summed E-state index contributed by atoms with van der Waals surface area (Å²) in [6.45, 7) is 2.65. The summed E-state index contributed by atoms with van der Waals surface area (Å²) >= 11 is 0. The topological polar surface area (TPSA) is 122 Å². The molecule has 1 saturated heterocycles. The lowest BCUT2D eigenvalue weighted by atomic mass is 9.87. The van der Waals surface area contributed by atoms with Crippen molar-refractivity contribution in [1.82, 2.24) is 0 Å². The lowest BCUT2D eigenvalue weighted by Gasteiger charge is -2.33. The second-order valence-electron chi connectivity index (χ2n) is 7.53. The van der Waals surface area contributed by atoms with Crippen LogP contribution in [0.5, 0.6) is 5.75 Å². The summed E-state index contributed by atoms with van der Waals surface area (Å²) in [4.78, 5) is 26.6. The van der Waals surface area contributed by atoms with Gasteiger partial charge in [-0.3, -0.25) is 15.0 Å². The van der Waals surface area contributed by atoms with Crippen molar-refractivity contribution >= 4 is 23.3 Å². The average Bonchev–Trinajstić information content (AvgIpc) is 2.74. The van der Waals surface area contributed by atoms with Gasteiger partial charge in [0.25, 0.3) is 5.91 Å². The average molecular weight is 409 g/mol. The molecule has 1 aliphatic heterocycles. The molecular weight excluding hydrogens is 380 g/mol. The number of amides is 2. The van der Waals surface area contributed by atoms with E-state index < -0.39 is 11.5 Å². The number of primary amides is 1. The fourth-order valence-corrected chi connectivity index (χ4v) is 3.84. The summed E-state index contributed by atoms with van der Waals surface area (Å²) in [7, 11) is 0. The number of carbonyl (C=O) groups is 2. The van der Waals surface area contributed by atoms with Gasteiger partial charge in [0, 0.05) is 36.2 Å². The molecule has 0 bridgehead atoms. The molecular formula is C23H28N4O3. The maximum absolute atomic E-state index is 12.6. The molecule has 0 aliphatic carbocycles. The van der Waals surface area contributed by atoms with Gasteiger partial charge in [0.15, 0.2) is 0 Å². The molecule has 1 unspecified atom stereocenters. The molecule has 0 aromatic heterocycles. The fraction of sp³-hybridized carbons (Fsp3) is 0.348. The van der Waals surface area contributed by atoms with Crippen molar-refractivity contribution in [3.63, 3.8) is 0 Å². The number of rotatable bonds is 8. The van der Waals surface area contributed by atoms with Gasteiger partial charge in [-0.1, -0.05) is 37.6 Å². The zero-order chi connectivity index (χ0) is 21.7. The molecule has 7 heteroatoms. The second kappa shape index (κ2) is 8.98. The summed E-state index contributed by atoms with van der Waals surface area (Å²) in [5.41, 5.74) is 12.0. The minimum absolute atomic E-state index is 0.0869. The number of nitrogens with two attached hydrogens (primary N) is 2. The van der Waals surface area contributed by atoms with Crippen LogP contribution < -0.4 is 21.1 Å². The Morgan fingerprint density at radius 2 is 1.90 bits per heavy atom.